The summed E-state index contributed by atoms with van der Waals surface area (Å²) in [7, 11) is 1.73. The number of nitrogens with one attached hydrogen (secondary N) is 1. The highest BCUT2D eigenvalue weighted by Gasteiger charge is 2.53. The Labute approximate surface area is 196 Å². The summed E-state index contributed by atoms with van der Waals surface area (Å²) in [4.78, 5) is 27.0. The Hall–Kier alpha value is -1.99. The van der Waals surface area contributed by atoms with Gasteiger partial charge in [0.25, 0.3) is 0 Å². The Morgan fingerprint density at radius 1 is 1.09 bits per heavy atom. The number of rotatable bonds is 10. The smallest absolute Gasteiger partial charge is 0.224 e. The first-order chi connectivity index (χ1) is 16.0. The van der Waals surface area contributed by atoms with Crippen molar-refractivity contribution in [3.05, 3.63) is 35.6 Å². The van der Waals surface area contributed by atoms with Gasteiger partial charge in [-0.05, 0) is 100 Å². The van der Waals surface area contributed by atoms with Crippen LogP contribution in [0.15, 0.2) is 24.3 Å². The minimum Gasteiger partial charge on any atom is -0.376 e. The minimum absolute atomic E-state index is 0.0121. The number of ether oxygens (including phenoxy) is 1. The molecule has 3 N–H and O–H groups in total. The third-order valence-electron chi connectivity index (χ3n) is 8.26. The highest BCUT2D eigenvalue weighted by Crippen LogP contribution is 2.52. The van der Waals surface area contributed by atoms with Gasteiger partial charge in [-0.25, -0.2) is 4.39 Å². The van der Waals surface area contributed by atoms with E-state index in [2.05, 4.69) is 10.2 Å². The van der Waals surface area contributed by atoms with Crippen molar-refractivity contribution in [3.8, 4) is 0 Å². The molecule has 2 aliphatic carbocycles. The van der Waals surface area contributed by atoms with Crippen LogP contribution in [0.3, 0.4) is 0 Å². The van der Waals surface area contributed by atoms with Gasteiger partial charge in [-0.2, -0.15) is 0 Å². The number of amides is 2. The van der Waals surface area contributed by atoms with E-state index in [4.69, 9.17) is 10.5 Å². The Morgan fingerprint density at radius 3 is 2.39 bits per heavy atom. The van der Waals surface area contributed by atoms with Crippen molar-refractivity contribution in [3.63, 3.8) is 0 Å². The number of benzene rings is 1. The summed E-state index contributed by atoms with van der Waals surface area (Å²) in [6.07, 6.45) is 7.17. The van der Waals surface area contributed by atoms with Crippen LogP contribution in [0.5, 0.6) is 0 Å². The molecule has 182 valence electrons. The largest absolute Gasteiger partial charge is 0.376 e. The lowest BCUT2D eigenvalue weighted by atomic mass is 9.78. The number of unbranched alkanes of at least 4 members (excludes halogenated alkanes) is 1. The van der Waals surface area contributed by atoms with Crippen LogP contribution in [0.1, 0.15) is 56.6 Å². The molecule has 1 aromatic carbocycles. The molecule has 5 unspecified atom stereocenters. The van der Waals surface area contributed by atoms with Crippen molar-refractivity contribution in [2.75, 3.05) is 33.3 Å². The number of halogens is 1. The van der Waals surface area contributed by atoms with Gasteiger partial charge in [0.1, 0.15) is 5.82 Å². The van der Waals surface area contributed by atoms with Crippen molar-refractivity contribution < 1.29 is 18.7 Å². The Bertz CT molecular complexity index is 810. The average molecular weight is 460 g/mol. The maximum Gasteiger partial charge on any atom is 0.224 e. The van der Waals surface area contributed by atoms with E-state index in [0.717, 1.165) is 70.1 Å². The van der Waals surface area contributed by atoms with Gasteiger partial charge in [-0.1, -0.05) is 12.1 Å². The second kappa shape index (κ2) is 11.0. The van der Waals surface area contributed by atoms with Crippen LogP contribution in [0.4, 0.5) is 4.39 Å². The number of fused-ring (bicyclic) bond motifs is 2. The summed E-state index contributed by atoms with van der Waals surface area (Å²) >= 11 is 0. The molecule has 0 spiro atoms. The normalized spacial score (nSPS) is 28.7. The van der Waals surface area contributed by atoms with Gasteiger partial charge in [0.2, 0.25) is 11.8 Å². The van der Waals surface area contributed by atoms with E-state index in [1.807, 2.05) is 12.1 Å². The second-order valence-electron chi connectivity index (χ2n) is 10.2. The zero-order valence-electron chi connectivity index (χ0n) is 19.7. The molecule has 7 heteroatoms. The van der Waals surface area contributed by atoms with E-state index in [1.165, 1.54) is 12.1 Å². The second-order valence-corrected chi connectivity index (χ2v) is 10.2. The summed E-state index contributed by atoms with van der Waals surface area (Å²) in [5.41, 5.74) is 6.64. The number of methoxy groups -OCH3 is 1. The molecule has 1 saturated heterocycles. The van der Waals surface area contributed by atoms with Gasteiger partial charge in [0.05, 0.1) is 17.9 Å². The van der Waals surface area contributed by atoms with Crippen LogP contribution in [0, 0.1) is 35.4 Å². The molecule has 3 aliphatic rings. The Morgan fingerprint density at radius 2 is 1.76 bits per heavy atom. The molecule has 5 atom stereocenters. The van der Waals surface area contributed by atoms with Gasteiger partial charge in [-0.15, -0.1) is 0 Å². The molecular weight excluding hydrogens is 421 g/mol. The topological polar surface area (TPSA) is 84.7 Å². The predicted octanol–water partition coefficient (Wildman–Crippen LogP) is 3.27. The SMILES string of the molecule is COC(c1ccc(F)cc1)C1CCN(CCCCNC(=O)C2C3CCC(C3)C2C(N)=O)CC1. The predicted molar refractivity (Wildman–Crippen MR) is 125 cm³/mol. The summed E-state index contributed by atoms with van der Waals surface area (Å²) in [6, 6.07) is 6.65. The number of nitrogens with two attached hydrogens (primary N) is 1. The highest BCUT2D eigenvalue weighted by molar-refractivity contribution is 5.88. The van der Waals surface area contributed by atoms with E-state index in [9.17, 15) is 14.0 Å². The molecule has 0 aromatic heterocycles. The highest BCUT2D eigenvalue weighted by atomic mass is 19.1. The van der Waals surface area contributed by atoms with Gasteiger partial charge in [0, 0.05) is 13.7 Å². The molecule has 4 rings (SSSR count). The van der Waals surface area contributed by atoms with Crippen LogP contribution < -0.4 is 11.1 Å². The number of nitrogens with zero attached hydrogens (tertiary/aromatic N) is 1. The van der Waals surface area contributed by atoms with Crippen LogP contribution in [-0.4, -0.2) is 50.0 Å². The molecule has 6 nitrogen and oxygen atoms in total. The quantitative estimate of drug-likeness (QED) is 0.526. The first-order valence-corrected chi connectivity index (χ1v) is 12.6. The standard InChI is InChI=1S/C26H38FN3O3/c1-33-24(17-6-8-21(27)9-7-17)18-10-14-30(15-11-18)13-3-2-12-29-26(32)23-20-5-4-19(16-20)22(23)25(28)31/h6-9,18-20,22-24H,2-5,10-16H2,1H3,(H2,28,31)(H,29,32). The number of primary amides is 1. The monoisotopic (exact) mass is 459 g/mol. The number of carbonyl (C=O) groups is 2. The first-order valence-electron chi connectivity index (χ1n) is 12.6. The molecule has 1 aromatic rings. The van der Waals surface area contributed by atoms with Crippen LogP contribution in [0.2, 0.25) is 0 Å². The van der Waals surface area contributed by atoms with E-state index >= 15 is 0 Å². The zero-order valence-corrected chi connectivity index (χ0v) is 19.7. The van der Waals surface area contributed by atoms with E-state index < -0.39 is 0 Å². The van der Waals surface area contributed by atoms with Crippen LogP contribution >= 0.6 is 0 Å². The molecule has 2 bridgehead atoms. The number of likely N-dealkylation sites (tertiary alicyclic amines) is 1. The maximum absolute atomic E-state index is 13.2. The molecule has 0 radical (unpaired) electrons. The van der Waals surface area contributed by atoms with E-state index in [-0.39, 0.29) is 35.6 Å². The molecule has 3 fully saturated rings. The third-order valence-corrected chi connectivity index (χ3v) is 8.26. The fourth-order valence-electron chi connectivity index (χ4n) is 6.60. The van der Waals surface area contributed by atoms with Gasteiger partial charge in [0.15, 0.2) is 0 Å². The average Bonchev–Trinajstić information content (AvgIpc) is 3.43. The number of carbonyl (C=O) groups excluding carboxylic acids is 2. The molecule has 1 aliphatic heterocycles. The van der Waals surface area contributed by atoms with Gasteiger partial charge >= 0.3 is 0 Å². The van der Waals surface area contributed by atoms with Crippen LogP contribution in [-0.2, 0) is 14.3 Å². The van der Waals surface area contributed by atoms with Crippen molar-refractivity contribution >= 4 is 11.8 Å². The Kier molecular flexibility index (Phi) is 8.02. The number of hydrogen-bond acceptors (Lipinski definition) is 4. The van der Waals surface area contributed by atoms with Crippen molar-refractivity contribution in [2.24, 2.45) is 35.3 Å². The fourth-order valence-corrected chi connectivity index (χ4v) is 6.60. The molecule has 33 heavy (non-hydrogen) atoms. The van der Waals surface area contributed by atoms with E-state index in [0.29, 0.717) is 24.3 Å². The third kappa shape index (κ3) is 5.57. The zero-order chi connectivity index (χ0) is 23.4. The van der Waals surface area contributed by atoms with Crippen molar-refractivity contribution in [1.82, 2.24) is 10.2 Å². The summed E-state index contributed by atoms with van der Waals surface area (Å²) in [5.74, 6) is 0.107. The number of hydrogen-bond donors (Lipinski definition) is 2. The lowest BCUT2D eigenvalue weighted by molar-refractivity contribution is -0.135. The number of piperidine rings is 1. The van der Waals surface area contributed by atoms with Gasteiger partial charge < -0.3 is 20.7 Å². The summed E-state index contributed by atoms with van der Waals surface area (Å²) < 4.78 is 19.0. The molecule has 2 amide bonds. The summed E-state index contributed by atoms with van der Waals surface area (Å²) in [5, 5.41) is 3.08. The maximum atomic E-state index is 13.2. The first kappa shape index (κ1) is 24.1. The Balaban J connectivity index is 1.13. The van der Waals surface area contributed by atoms with E-state index in [1.54, 1.807) is 7.11 Å². The minimum atomic E-state index is -0.305. The van der Waals surface area contributed by atoms with Gasteiger partial charge in [-0.3, -0.25) is 9.59 Å². The van der Waals surface area contributed by atoms with Crippen molar-refractivity contribution in [2.45, 2.75) is 51.0 Å². The van der Waals surface area contributed by atoms with Crippen LogP contribution in [0.25, 0.3) is 0 Å². The summed E-state index contributed by atoms with van der Waals surface area (Å²) in [6.45, 7) is 3.74. The van der Waals surface area contributed by atoms with Crippen molar-refractivity contribution in [1.29, 1.82) is 0 Å². The lowest BCUT2D eigenvalue weighted by Gasteiger charge is -2.35. The molecule has 2 saturated carbocycles. The lowest BCUT2D eigenvalue weighted by Crippen LogP contribution is -2.43. The molecule has 1 heterocycles. The fraction of sp³-hybridized carbons (Fsp3) is 0.692. The molecular formula is C26H38FN3O3.